The van der Waals surface area contributed by atoms with E-state index in [0.29, 0.717) is 11.1 Å². The van der Waals surface area contributed by atoms with E-state index in [9.17, 15) is 18.0 Å². The first-order chi connectivity index (χ1) is 13.4. The summed E-state index contributed by atoms with van der Waals surface area (Å²) in [5.74, 6) is -0.598. The van der Waals surface area contributed by atoms with E-state index in [1.807, 2.05) is 0 Å². The summed E-state index contributed by atoms with van der Waals surface area (Å²) in [6.07, 6.45) is 0. The maximum atomic E-state index is 12.7. The Bertz CT molecular complexity index is 1020. The average Bonchev–Trinajstić information content (AvgIpc) is 2.64. The van der Waals surface area contributed by atoms with Gasteiger partial charge in [-0.15, -0.1) is 0 Å². The van der Waals surface area contributed by atoms with Crippen molar-refractivity contribution in [1.82, 2.24) is 15.4 Å². The monoisotopic (exact) mass is 417 g/mol. The fraction of sp³-hybridized carbons (Fsp3) is 0.333. The Kier molecular flexibility index (Phi) is 6.81. The Morgan fingerprint density at radius 2 is 1.69 bits per heavy atom. The van der Waals surface area contributed by atoms with Crippen molar-refractivity contribution in [2.24, 2.45) is 0 Å². The van der Waals surface area contributed by atoms with Gasteiger partial charge >= 0.3 is 0 Å². The van der Waals surface area contributed by atoms with Gasteiger partial charge in [-0.2, -0.15) is 0 Å². The summed E-state index contributed by atoms with van der Waals surface area (Å²) < 4.78 is 27.7. The van der Waals surface area contributed by atoms with Gasteiger partial charge in [0.1, 0.15) is 0 Å². The van der Waals surface area contributed by atoms with Crippen molar-refractivity contribution in [2.45, 2.75) is 44.7 Å². The van der Waals surface area contributed by atoms with Gasteiger partial charge in [0, 0.05) is 30.3 Å². The summed E-state index contributed by atoms with van der Waals surface area (Å²) in [5.41, 5.74) is 1.56. The van der Waals surface area contributed by atoms with Crippen molar-refractivity contribution in [2.75, 3.05) is 7.05 Å². The summed E-state index contributed by atoms with van der Waals surface area (Å²) >= 11 is 0. The second-order valence-corrected chi connectivity index (χ2v) is 9.48. The van der Waals surface area contributed by atoms with E-state index < -0.39 is 15.6 Å². The minimum absolute atomic E-state index is 0.0322. The van der Waals surface area contributed by atoms with Crippen molar-refractivity contribution in [1.29, 1.82) is 0 Å². The van der Waals surface area contributed by atoms with Crippen LogP contribution in [0.4, 0.5) is 0 Å². The van der Waals surface area contributed by atoms with Crippen LogP contribution in [-0.2, 0) is 16.6 Å². The smallest absolute Gasteiger partial charge is 0.251 e. The molecular formula is C21H27N3O4S. The van der Waals surface area contributed by atoms with E-state index in [0.717, 1.165) is 5.56 Å². The van der Waals surface area contributed by atoms with Gasteiger partial charge in [0.15, 0.2) is 0 Å². The molecule has 7 nitrogen and oxygen atoms in total. The summed E-state index contributed by atoms with van der Waals surface area (Å²) in [7, 11) is -2.20. The van der Waals surface area contributed by atoms with Gasteiger partial charge in [-0.1, -0.05) is 18.2 Å². The number of carbonyl (C=O) groups excluding carboxylic acids is 2. The van der Waals surface area contributed by atoms with E-state index in [2.05, 4.69) is 15.4 Å². The minimum atomic E-state index is -3.75. The van der Waals surface area contributed by atoms with Crippen LogP contribution in [0, 0.1) is 6.92 Å². The molecule has 0 fully saturated rings. The topological polar surface area (TPSA) is 104 Å². The van der Waals surface area contributed by atoms with Crippen LogP contribution in [0.25, 0.3) is 0 Å². The highest BCUT2D eigenvalue weighted by molar-refractivity contribution is 7.89. The standard InChI is InChI=1S/C21H27N3O4S/c1-14-9-10-17(29(27,28)24-21(2,3)4)12-18(14)20(26)23-13-15-7-6-8-16(11-15)19(25)22-5/h6-12,24H,13H2,1-5H3,(H,22,25)(H,23,26). The molecular weight excluding hydrogens is 390 g/mol. The molecule has 3 N–H and O–H groups in total. The summed E-state index contributed by atoms with van der Waals surface area (Å²) in [6.45, 7) is 7.20. The molecule has 0 saturated carbocycles. The van der Waals surface area contributed by atoms with Gasteiger partial charge in [0.25, 0.3) is 11.8 Å². The number of carbonyl (C=O) groups is 2. The van der Waals surface area contributed by atoms with E-state index >= 15 is 0 Å². The van der Waals surface area contributed by atoms with Gasteiger partial charge in [0.05, 0.1) is 4.90 Å². The molecule has 0 saturated heterocycles. The lowest BCUT2D eigenvalue weighted by Crippen LogP contribution is -2.40. The highest BCUT2D eigenvalue weighted by Crippen LogP contribution is 2.18. The molecule has 2 amide bonds. The van der Waals surface area contributed by atoms with Gasteiger partial charge in [-0.3, -0.25) is 9.59 Å². The maximum absolute atomic E-state index is 12.7. The van der Waals surface area contributed by atoms with E-state index in [4.69, 9.17) is 0 Å². The summed E-state index contributed by atoms with van der Waals surface area (Å²) in [6, 6.07) is 11.4. The van der Waals surface area contributed by atoms with E-state index in [1.165, 1.54) is 12.1 Å². The van der Waals surface area contributed by atoms with Crippen LogP contribution in [0.15, 0.2) is 47.4 Å². The van der Waals surface area contributed by atoms with Crippen molar-refractivity contribution >= 4 is 21.8 Å². The van der Waals surface area contributed by atoms with Crippen LogP contribution in [-0.4, -0.2) is 32.8 Å². The second-order valence-electron chi connectivity index (χ2n) is 7.79. The lowest BCUT2D eigenvalue weighted by Gasteiger charge is -2.20. The normalized spacial score (nSPS) is 11.8. The largest absolute Gasteiger partial charge is 0.355 e. The third kappa shape index (κ3) is 6.13. The van der Waals surface area contributed by atoms with Crippen LogP contribution in [0.1, 0.15) is 52.6 Å². The molecule has 2 aromatic rings. The third-order valence-electron chi connectivity index (χ3n) is 4.07. The predicted molar refractivity (Wildman–Crippen MR) is 112 cm³/mol. The van der Waals surface area contributed by atoms with Crippen molar-refractivity contribution in [3.8, 4) is 0 Å². The molecule has 29 heavy (non-hydrogen) atoms. The number of hydrogen-bond donors (Lipinski definition) is 3. The minimum Gasteiger partial charge on any atom is -0.355 e. The average molecular weight is 418 g/mol. The molecule has 0 aliphatic heterocycles. The molecule has 0 unspecified atom stereocenters. The third-order valence-corrected chi connectivity index (χ3v) is 5.83. The molecule has 0 spiro atoms. The second kappa shape index (κ2) is 8.75. The quantitative estimate of drug-likeness (QED) is 0.671. The molecule has 0 aromatic heterocycles. The predicted octanol–water partition coefficient (Wildman–Crippen LogP) is 2.36. The molecule has 0 aliphatic carbocycles. The number of sulfonamides is 1. The Morgan fingerprint density at radius 3 is 2.31 bits per heavy atom. The van der Waals surface area contributed by atoms with Crippen LogP contribution < -0.4 is 15.4 Å². The molecule has 0 aliphatic rings. The van der Waals surface area contributed by atoms with E-state index in [-0.39, 0.29) is 28.8 Å². The lowest BCUT2D eigenvalue weighted by atomic mass is 10.1. The van der Waals surface area contributed by atoms with Gasteiger partial charge in [-0.05, 0) is 63.1 Å². The Balaban J connectivity index is 2.20. The number of rotatable bonds is 6. The summed E-state index contributed by atoms with van der Waals surface area (Å²) in [4.78, 5) is 24.4. The van der Waals surface area contributed by atoms with Gasteiger partial charge in [0.2, 0.25) is 10.0 Å². The Labute approximate surface area is 172 Å². The SMILES string of the molecule is CNC(=O)c1cccc(CNC(=O)c2cc(S(=O)(=O)NC(C)(C)C)ccc2C)c1. The van der Waals surface area contributed by atoms with Crippen LogP contribution in [0.5, 0.6) is 0 Å². The molecule has 8 heteroatoms. The van der Waals surface area contributed by atoms with Crippen LogP contribution >= 0.6 is 0 Å². The first-order valence-electron chi connectivity index (χ1n) is 9.17. The van der Waals surface area contributed by atoms with Gasteiger partial charge < -0.3 is 10.6 Å². The highest BCUT2D eigenvalue weighted by atomic mass is 32.2. The van der Waals surface area contributed by atoms with Crippen molar-refractivity contribution < 1.29 is 18.0 Å². The molecule has 2 rings (SSSR count). The number of aryl methyl sites for hydroxylation is 1. The molecule has 0 bridgehead atoms. The molecule has 156 valence electrons. The number of hydrogen-bond acceptors (Lipinski definition) is 4. The highest BCUT2D eigenvalue weighted by Gasteiger charge is 2.23. The van der Waals surface area contributed by atoms with Gasteiger partial charge in [-0.25, -0.2) is 13.1 Å². The first kappa shape index (κ1) is 22.6. The van der Waals surface area contributed by atoms with E-state index in [1.54, 1.807) is 65.1 Å². The number of amides is 2. The first-order valence-corrected chi connectivity index (χ1v) is 10.6. The molecule has 2 aromatic carbocycles. The zero-order valence-corrected chi connectivity index (χ0v) is 18.1. The molecule has 0 atom stereocenters. The zero-order chi connectivity index (χ0) is 21.8. The fourth-order valence-corrected chi connectivity index (χ4v) is 4.16. The Hall–Kier alpha value is -2.71. The number of nitrogens with one attached hydrogen (secondary N) is 3. The Morgan fingerprint density at radius 1 is 1.00 bits per heavy atom. The van der Waals surface area contributed by atoms with Crippen LogP contribution in [0.2, 0.25) is 0 Å². The fourth-order valence-electron chi connectivity index (χ4n) is 2.72. The lowest BCUT2D eigenvalue weighted by molar-refractivity contribution is 0.0948. The summed E-state index contributed by atoms with van der Waals surface area (Å²) in [5, 5.41) is 5.34. The zero-order valence-electron chi connectivity index (χ0n) is 17.3. The number of benzene rings is 2. The molecule has 0 heterocycles. The maximum Gasteiger partial charge on any atom is 0.251 e. The van der Waals surface area contributed by atoms with Crippen molar-refractivity contribution in [3.05, 3.63) is 64.7 Å². The van der Waals surface area contributed by atoms with Crippen molar-refractivity contribution in [3.63, 3.8) is 0 Å². The molecule has 0 radical (unpaired) electrons. The van der Waals surface area contributed by atoms with Crippen LogP contribution in [0.3, 0.4) is 0 Å².